The van der Waals surface area contributed by atoms with Gasteiger partial charge in [0.2, 0.25) is 0 Å². The minimum Gasteiger partial charge on any atom is -0.383 e. The number of hydrogen-bond acceptors (Lipinski definition) is 2. The molecule has 0 spiro atoms. The molecule has 1 unspecified atom stereocenters. The number of nitrogen functional groups attached to an aromatic ring is 1. The number of halogens is 2. The van der Waals surface area contributed by atoms with Gasteiger partial charge in [0.15, 0.2) is 0 Å². The summed E-state index contributed by atoms with van der Waals surface area (Å²) < 4.78 is 14.9. The zero-order valence-electron chi connectivity index (χ0n) is 11.7. The first-order chi connectivity index (χ1) is 9.31. The molecule has 1 atom stereocenters. The van der Waals surface area contributed by atoms with Crippen molar-refractivity contribution in [1.82, 2.24) is 9.78 Å². The Balaban J connectivity index is 2.18. The highest BCUT2D eigenvalue weighted by atomic mass is 35.5. The van der Waals surface area contributed by atoms with Crippen LogP contribution < -0.4 is 5.73 Å². The molecule has 2 N–H and O–H groups in total. The van der Waals surface area contributed by atoms with Gasteiger partial charge in [0, 0.05) is 24.1 Å². The quantitative estimate of drug-likeness (QED) is 0.910. The van der Waals surface area contributed by atoms with Gasteiger partial charge < -0.3 is 5.73 Å². The fourth-order valence-electron chi connectivity index (χ4n) is 2.70. The summed E-state index contributed by atoms with van der Waals surface area (Å²) >= 11 is 6.18. The van der Waals surface area contributed by atoms with Gasteiger partial charge in [0.1, 0.15) is 11.6 Å². The predicted octanol–water partition coefficient (Wildman–Crippen LogP) is 3.98. The van der Waals surface area contributed by atoms with Crippen LogP contribution in [0.25, 0.3) is 11.1 Å². The number of aromatic nitrogens is 2. The van der Waals surface area contributed by atoms with Gasteiger partial charge in [-0.05, 0) is 30.0 Å². The van der Waals surface area contributed by atoms with Crippen molar-refractivity contribution in [1.29, 1.82) is 0 Å². The minimum atomic E-state index is -0.352. The maximum Gasteiger partial charge on any atom is 0.129 e. The fraction of sp³-hybridized carbons (Fsp3) is 0.400. The molecule has 1 aromatic carbocycles. The van der Waals surface area contributed by atoms with E-state index >= 15 is 0 Å². The van der Waals surface area contributed by atoms with Crippen LogP contribution in [-0.2, 0) is 7.05 Å². The Morgan fingerprint density at radius 1 is 1.45 bits per heavy atom. The third kappa shape index (κ3) is 1.99. The van der Waals surface area contributed by atoms with E-state index in [1.165, 1.54) is 12.1 Å². The van der Waals surface area contributed by atoms with Crippen LogP contribution in [0.2, 0.25) is 5.02 Å². The minimum absolute atomic E-state index is 0.238. The van der Waals surface area contributed by atoms with E-state index in [-0.39, 0.29) is 11.2 Å². The predicted molar refractivity (Wildman–Crippen MR) is 79.2 cm³/mol. The maximum absolute atomic E-state index is 13.2. The molecule has 0 saturated heterocycles. The summed E-state index contributed by atoms with van der Waals surface area (Å²) in [5.74, 6) is 0.591. The fourth-order valence-corrected chi connectivity index (χ4v) is 2.97. The van der Waals surface area contributed by atoms with Crippen LogP contribution in [0.15, 0.2) is 18.2 Å². The van der Waals surface area contributed by atoms with Gasteiger partial charge in [-0.15, -0.1) is 0 Å². The van der Waals surface area contributed by atoms with Crippen LogP contribution >= 0.6 is 11.6 Å². The molecule has 0 radical (unpaired) electrons. The van der Waals surface area contributed by atoms with E-state index in [0.717, 1.165) is 23.2 Å². The average molecular weight is 294 g/mol. The van der Waals surface area contributed by atoms with E-state index in [1.54, 1.807) is 10.7 Å². The molecule has 0 bridgehead atoms. The lowest BCUT2D eigenvalue weighted by Gasteiger charge is -2.08. The van der Waals surface area contributed by atoms with E-state index in [1.807, 2.05) is 7.05 Å². The molecule has 5 heteroatoms. The summed E-state index contributed by atoms with van der Waals surface area (Å²) in [6.07, 6.45) is 1.08. The van der Waals surface area contributed by atoms with Gasteiger partial charge in [-0.25, -0.2) is 4.39 Å². The highest BCUT2D eigenvalue weighted by Gasteiger charge is 2.49. The number of aryl methyl sites for hydroxylation is 1. The molecule has 20 heavy (non-hydrogen) atoms. The summed E-state index contributed by atoms with van der Waals surface area (Å²) in [6.45, 7) is 4.41. The van der Waals surface area contributed by atoms with Crippen LogP contribution in [0.1, 0.15) is 31.9 Å². The van der Waals surface area contributed by atoms with Gasteiger partial charge in [0.25, 0.3) is 0 Å². The molecule has 1 aromatic heterocycles. The van der Waals surface area contributed by atoms with Gasteiger partial charge in [-0.1, -0.05) is 25.4 Å². The standard InChI is InChI=1S/C15H17ClFN3/c1-15(2)7-10(15)13-12(14(18)20(3)19-13)9-5-4-8(17)6-11(9)16/h4-6,10H,7,18H2,1-3H3. The summed E-state index contributed by atoms with van der Waals surface area (Å²) in [4.78, 5) is 0. The van der Waals surface area contributed by atoms with Crippen molar-refractivity contribution < 1.29 is 4.39 Å². The molecule has 106 valence electrons. The Kier molecular flexibility index (Phi) is 2.83. The van der Waals surface area contributed by atoms with Crippen molar-refractivity contribution in [3.05, 3.63) is 34.7 Å². The van der Waals surface area contributed by atoms with Crippen LogP contribution in [0.5, 0.6) is 0 Å². The van der Waals surface area contributed by atoms with Crippen molar-refractivity contribution in [3.8, 4) is 11.1 Å². The largest absolute Gasteiger partial charge is 0.383 e. The summed E-state index contributed by atoms with van der Waals surface area (Å²) in [6, 6.07) is 4.38. The second-order valence-corrected chi connectivity index (χ2v) is 6.55. The molecule has 3 nitrogen and oxygen atoms in total. The average Bonchev–Trinajstić information content (AvgIpc) is 2.88. The van der Waals surface area contributed by atoms with E-state index in [0.29, 0.717) is 16.8 Å². The van der Waals surface area contributed by atoms with Crippen LogP contribution in [0.4, 0.5) is 10.2 Å². The van der Waals surface area contributed by atoms with Gasteiger partial charge in [-0.2, -0.15) is 5.10 Å². The highest BCUT2D eigenvalue weighted by Crippen LogP contribution is 2.60. The summed E-state index contributed by atoms with van der Waals surface area (Å²) in [5, 5.41) is 4.91. The van der Waals surface area contributed by atoms with Crippen LogP contribution in [0.3, 0.4) is 0 Å². The van der Waals surface area contributed by atoms with Gasteiger partial charge >= 0.3 is 0 Å². The summed E-state index contributed by atoms with van der Waals surface area (Å²) in [7, 11) is 1.81. The van der Waals surface area contributed by atoms with Crippen molar-refractivity contribution in [3.63, 3.8) is 0 Å². The lowest BCUT2D eigenvalue weighted by molar-refractivity contribution is 0.609. The van der Waals surface area contributed by atoms with Crippen molar-refractivity contribution in [2.75, 3.05) is 5.73 Å². The van der Waals surface area contributed by atoms with E-state index in [4.69, 9.17) is 17.3 Å². The van der Waals surface area contributed by atoms with Crippen molar-refractivity contribution in [2.45, 2.75) is 26.2 Å². The number of anilines is 1. The number of rotatable bonds is 2. The van der Waals surface area contributed by atoms with Crippen LogP contribution in [0, 0.1) is 11.2 Å². The topological polar surface area (TPSA) is 43.8 Å². The Labute approximate surface area is 122 Å². The zero-order valence-corrected chi connectivity index (χ0v) is 12.5. The zero-order chi connectivity index (χ0) is 14.7. The first kappa shape index (κ1) is 13.4. The molecule has 3 rings (SSSR count). The lowest BCUT2D eigenvalue weighted by atomic mass is 9.99. The maximum atomic E-state index is 13.2. The molecule has 1 saturated carbocycles. The highest BCUT2D eigenvalue weighted by molar-refractivity contribution is 6.33. The normalized spacial score (nSPS) is 20.1. The van der Waals surface area contributed by atoms with Gasteiger partial charge in [-0.3, -0.25) is 4.68 Å². The van der Waals surface area contributed by atoms with E-state index < -0.39 is 0 Å². The molecular formula is C15H17ClFN3. The molecule has 0 amide bonds. The molecule has 1 aliphatic rings. The van der Waals surface area contributed by atoms with Crippen molar-refractivity contribution in [2.24, 2.45) is 12.5 Å². The molecule has 1 heterocycles. The summed E-state index contributed by atoms with van der Waals surface area (Å²) in [5.41, 5.74) is 8.93. The number of benzene rings is 1. The molecule has 1 fully saturated rings. The van der Waals surface area contributed by atoms with Crippen LogP contribution in [-0.4, -0.2) is 9.78 Å². The Bertz CT molecular complexity index is 691. The van der Waals surface area contributed by atoms with Gasteiger partial charge in [0.05, 0.1) is 10.7 Å². The Morgan fingerprint density at radius 3 is 2.65 bits per heavy atom. The second kappa shape index (κ2) is 4.22. The SMILES string of the molecule is Cn1nc(C2CC2(C)C)c(-c2ccc(F)cc2Cl)c1N. The van der Waals surface area contributed by atoms with Crippen molar-refractivity contribution >= 4 is 17.4 Å². The smallest absolute Gasteiger partial charge is 0.129 e. The Hall–Kier alpha value is -1.55. The third-order valence-electron chi connectivity index (χ3n) is 4.16. The number of nitrogens with zero attached hydrogens (tertiary/aromatic N) is 2. The molecule has 0 aliphatic heterocycles. The van der Waals surface area contributed by atoms with E-state index in [2.05, 4.69) is 18.9 Å². The molecule has 1 aliphatic carbocycles. The third-order valence-corrected chi connectivity index (χ3v) is 4.48. The lowest BCUT2D eigenvalue weighted by Crippen LogP contribution is -1.98. The number of hydrogen-bond donors (Lipinski definition) is 1. The monoisotopic (exact) mass is 293 g/mol. The molecule has 2 aromatic rings. The first-order valence-electron chi connectivity index (χ1n) is 6.59. The number of nitrogens with two attached hydrogens (primary N) is 1. The molecular weight excluding hydrogens is 277 g/mol. The first-order valence-corrected chi connectivity index (χ1v) is 6.97. The second-order valence-electron chi connectivity index (χ2n) is 6.14. The Morgan fingerprint density at radius 2 is 2.10 bits per heavy atom. The van der Waals surface area contributed by atoms with E-state index in [9.17, 15) is 4.39 Å².